The van der Waals surface area contributed by atoms with Crippen molar-refractivity contribution in [1.29, 1.82) is 0 Å². The van der Waals surface area contributed by atoms with Gasteiger partial charge in [0.05, 0.1) is 12.3 Å². The number of primary amides is 1. The first kappa shape index (κ1) is 8.48. The Hall–Kier alpha value is -0.620. The molecule has 0 bridgehead atoms. The standard InChI is InChI=1S/C5H10N2O3S/c6-5(8)4-7-2-1-3-11(7,9)10/h1-4H2,(H2,6,8). The van der Waals surface area contributed by atoms with Crippen molar-refractivity contribution in [2.75, 3.05) is 18.8 Å². The largest absolute Gasteiger partial charge is 0.369 e. The minimum absolute atomic E-state index is 0.139. The topological polar surface area (TPSA) is 80.5 Å². The van der Waals surface area contributed by atoms with Crippen molar-refractivity contribution in [1.82, 2.24) is 4.31 Å². The molecule has 0 saturated carbocycles. The van der Waals surface area contributed by atoms with Gasteiger partial charge in [0.15, 0.2) is 0 Å². The third-order valence-corrected chi connectivity index (χ3v) is 3.44. The third kappa shape index (κ3) is 1.90. The van der Waals surface area contributed by atoms with Crippen LogP contribution in [0.3, 0.4) is 0 Å². The highest BCUT2D eigenvalue weighted by Crippen LogP contribution is 2.11. The number of sulfonamides is 1. The molecule has 11 heavy (non-hydrogen) atoms. The lowest BCUT2D eigenvalue weighted by atomic mass is 10.5. The van der Waals surface area contributed by atoms with Crippen LogP contribution in [0.4, 0.5) is 0 Å². The number of amides is 1. The molecule has 0 spiro atoms. The second-order valence-electron chi connectivity index (χ2n) is 2.47. The van der Waals surface area contributed by atoms with Crippen LogP contribution in [0.1, 0.15) is 6.42 Å². The van der Waals surface area contributed by atoms with Gasteiger partial charge >= 0.3 is 0 Å². The Morgan fingerprint density at radius 2 is 2.18 bits per heavy atom. The van der Waals surface area contributed by atoms with Crippen molar-refractivity contribution in [2.45, 2.75) is 6.42 Å². The van der Waals surface area contributed by atoms with Crippen LogP contribution in [0, 0.1) is 0 Å². The number of carbonyl (C=O) groups is 1. The van der Waals surface area contributed by atoms with Crippen molar-refractivity contribution >= 4 is 15.9 Å². The zero-order valence-corrected chi connectivity index (χ0v) is 6.80. The Morgan fingerprint density at radius 1 is 1.55 bits per heavy atom. The zero-order chi connectivity index (χ0) is 8.48. The van der Waals surface area contributed by atoms with E-state index in [1.165, 1.54) is 0 Å². The van der Waals surface area contributed by atoms with Gasteiger partial charge in [-0.2, -0.15) is 4.31 Å². The summed E-state index contributed by atoms with van der Waals surface area (Å²) >= 11 is 0. The SMILES string of the molecule is NC(=O)CN1CCCS1(=O)=O. The van der Waals surface area contributed by atoms with Crippen LogP contribution in [-0.2, 0) is 14.8 Å². The van der Waals surface area contributed by atoms with Gasteiger partial charge in [-0.15, -0.1) is 0 Å². The monoisotopic (exact) mass is 178 g/mol. The van der Waals surface area contributed by atoms with Crippen molar-refractivity contribution < 1.29 is 13.2 Å². The fourth-order valence-corrected chi connectivity index (χ4v) is 2.53. The Bertz CT molecular complexity index is 259. The molecule has 0 atom stereocenters. The van der Waals surface area contributed by atoms with Crippen LogP contribution in [0.15, 0.2) is 0 Å². The van der Waals surface area contributed by atoms with Gasteiger partial charge in [0.2, 0.25) is 15.9 Å². The molecular weight excluding hydrogens is 168 g/mol. The van der Waals surface area contributed by atoms with E-state index >= 15 is 0 Å². The lowest BCUT2D eigenvalue weighted by Gasteiger charge is -2.10. The van der Waals surface area contributed by atoms with E-state index in [-0.39, 0.29) is 12.3 Å². The second-order valence-corrected chi connectivity index (χ2v) is 4.56. The molecule has 1 aliphatic heterocycles. The van der Waals surface area contributed by atoms with E-state index in [1.807, 2.05) is 0 Å². The average Bonchev–Trinajstić information content (AvgIpc) is 2.10. The van der Waals surface area contributed by atoms with Crippen LogP contribution in [0.2, 0.25) is 0 Å². The highest BCUT2D eigenvalue weighted by Gasteiger charge is 2.28. The lowest BCUT2D eigenvalue weighted by Crippen LogP contribution is -2.34. The highest BCUT2D eigenvalue weighted by molar-refractivity contribution is 7.89. The molecule has 0 unspecified atom stereocenters. The quantitative estimate of drug-likeness (QED) is 0.559. The van der Waals surface area contributed by atoms with E-state index in [2.05, 4.69) is 0 Å². The lowest BCUT2D eigenvalue weighted by molar-refractivity contribution is -0.118. The summed E-state index contributed by atoms with van der Waals surface area (Å²) in [6.45, 7) is 0.244. The number of hydrogen-bond acceptors (Lipinski definition) is 3. The van der Waals surface area contributed by atoms with Gasteiger partial charge in [0.1, 0.15) is 0 Å². The molecule has 0 aromatic carbocycles. The molecule has 0 radical (unpaired) electrons. The van der Waals surface area contributed by atoms with Gasteiger partial charge in [0, 0.05) is 6.54 Å². The maximum absolute atomic E-state index is 11.0. The van der Waals surface area contributed by atoms with Crippen LogP contribution >= 0.6 is 0 Å². The molecule has 1 aliphatic rings. The smallest absolute Gasteiger partial charge is 0.232 e. The molecule has 1 rings (SSSR count). The summed E-state index contributed by atoms with van der Waals surface area (Å²) in [4.78, 5) is 10.4. The number of carbonyl (C=O) groups excluding carboxylic acids is 1. The zero-order valence-electron chi connectivity index (χ0n) is 5.99. The Morgan fingerprint density at radius 3 is 2.55 bits per heavy atom. The maximum Gasteiger partial charge on any atom is 0.232 e. The van der Waals surface area contributed by atoms with E-state index in [4.69, 9.17) is 5.73 Å². The van der Waals surface area contributed by atoms with Crippen molar-refractivity contribution in [3.05, 3.63) is 0 Å². The molecule has 0 aliphatic carbocycles. The van der Waals surface area contributed by atoms with Gasteiger partial charge in [-0.25, -0.2) is 8.42 Å². The van der Waals surface area contributed by atoms with Crippen LogP contribution in [0.5, 0.6) is 0 Å². The van der Waals surface area contributed by atoms with Gasteiger partial charge in [-0.3, -0.25) is 4.79 Å². The van der Waals surface area contributed by atoms with Crippen LogP contribution < -0.4 is 5.73 Å². The Balaban J connectivity index is 2.66. The minimum atomic E-state index is -3.15. The maximum atomic E-state index is 11.0. The summed E-state index contributed by atoms with van der Waals surface area (Å²) in [5.74, 6) is -0.462. The molecule has 6 heteroatoms. The van der Waals surface area contributed by atoms with E-state index in [1.54, 1.807) is 0 Å². The van der Waals surface area contributed by atoms with Crippen LogP contribution in [-0.4, -0.2) is 37.5 Å². The molecule has 1 heterocycles. The molecule has 2 N–H and O–H groups in total. The summed E-state index contributed by atoms with van der Waals surface area (Å²) in [6.07, 6.45) is 0.593. The first-order chi connectivity index (χ1) is 5.02. The highest BCUT2D eigenvalue weighted by atomic mass is 32.2. The first-order valence-corrected chi connectivity index (χ1v) is 4.89. The predicted molar refractivity (Wildman–Crippen MR) is 39.2 cm³/mol. The fraction of sp³-hybridized carbons (Fsp3) is 0.800. The van der Waals surface area contributed by atoms with Crippen molar-refractivity contribution in [3.8, 4) is 0 Å². The van der Waals surface area contributed by atoms with E-state index in [0.29, 0.717) is 13.0 Å². The van der Waals surface area contributed by atoms with Gasteiger partial charge < -0.3 is 5.73 Å². The minimum Gasteiger partial charge on any atom is -0.369 e. The third-order valence-electron chi connectivity index (χ3n) is 1.54. The number of nitrogens with zero attached hydrogens (tertiary/aromatic N) is 1. The van der Waals surface area contributed by atoms with Gasteiger partial charge in [0.25, 0.3) is 0 Å². The molecule has 1 amide bonds. The van der Waals surface area contributed by atoms with E-state index < -0.39 is 15.9 Å². The van der Waals surface area contributed by atoms with Crippen molar-refractivity contribution in [2.24, 2.45) is 5.73 Å². The summed E-state index contributed by atoms with van der Waals surface area (Å²) < 4.78 is 23.2. The second kappa shape index (κ2) is 2.78. The molecular formula is C5H10N2O3S. The fourth-order valence-electron chi connectivity index (χ4n) is 1.04. The van der Waals surface area contributed by atoms with Gasteiger partial charge in [-0.1, -0.05) is 0 Å². The Kier molecular flexibility index (Phi) is 2.15. The molecule has 1 fully saturated rings. The normalized spacial score (nSPS) is 23.6. The molecule has 5 nitrogen and oxygen atoms in total. The average molecular weight is 178 g/mol. The summed E-state index contributed by atoms with van der Waals surface area (Å²) in [7, 11) is -3.15. The summed E-state index contributed by atoms with van der Waals surface area (Å²) in [5.41, 5.74) is 4.85. The summed E-state index contributed by atoms with van der Waals surface area (Å²) in [5, 5.41) is 0. The Labute approximate surface area is 65.2 Å². The predicted octanol–water partition coefficient (Wildman–Crippen LogP) is -1.49. The molecule has 0 aromatic heterocycles. The van der Waals surface area contributed by atoms with E-state index in [9.17, 15) is 13.2 Å². The first-order valence-electron chi connectivity index (χ1n) is 3.28. The molecule has 0 aromatic rings. The van der Waals surface area contributed by atoms with Gasteiger partial charge in [-0.05, 0) is 6.42 Å². The number of nitrogens with two attached hydrogens (primary N) is 1. The molecule has 1 saturated heterocycles. The van der Waals surface area contributed by atoms with Crippen LogP contribution in [0.25, 0.3) is 0 Å². The number of hydrogen-bond donors (Lipinski definition) is 1. The van der Waals surface area contributed by atoms with E-state index in [0.717, 1.165) is 4.31 Å². The number of rotatable bonds is 2. The van der Waals surface area contributed by atoms with Crippen molar-refractivity contribution in [3.63, 3.8) is 0 Å². The summed E-state index contributed by atoms with van der Waals surface area (Å²) in [6, 6.07) is 0. The molecule has 64 valence electrons.